The van der Waals surface area contributed by atoms with Gasteiger partial charge < -0.3 is 15.7 Å². The van der Waals surface area contributed by atoms with Crippen molar-refractivity contribution in [3.05, 3.63) is 46.4 Å². The summed E-state index contributed by atoms with van der Waals surface area (Å²) in [5.41, 5.74) is 0.371. The molecule has 0 aliphatic rings. The first-order valence-corrected chi connectivity index (χ1v) is 7.21. The maximum atomic E-state index is 11.8. The Bertz CT molecular complexity index is 628. The lowest BCUT2D eigenvalue weighted by Crippen LogP contribution is -2.37. The lowest BCUT2D eigenvalue weighted by atomic mass is 10.2. The fourth-order valence-electron chi connectivity index (χ4n) is 1.80. The molecule has 7 heteroatoms. The van der Waals surface area contributed by atoms with Crippen molar-refractivity contribution in [2.75, 3.05) is 5.32 Å². The number of carboxylic acids is 1. The topological polar surface area (TPSA) is 91.3 Å². The van der Waals surface area contributed by atoms with E-state index in [1.165, 1.54) is 23.3 Å². The van der Waals surface area contributed by atoms with E-state index in [2.05, 4.69) is 15.6 Å². The number of thiophene rings is 1. The Kier molecular flexibility index (Phi) is 4.89. The molecule has 0 radical (unpaired) electrons. The third kappa shape index (κ3) is 4.57. The number of aromatic carboxylic acids is 1. The molecule has 0 fully saturated rings. The van der Waals surface area contributed by atoms with Crippen molar-refractivity contribution in [3.8, 4) is 0 Å². The Morgan fingerprint density at radius 3 is 2.90 bits per heavy atom. The van der Waals surface area contributed by atoms with Crippen LogP contribution in [0, 0.1) is 0 Å². The van der Waals surface area contributed by atoms with Gasteiger partial charge >= 0.3 is 12.0 Å². The quantitative estimate of drug-likeness (QED) is 0.792. The number of hydrogen-bond donors (Lipinski definition) is 3. The molecule has 2 heterocycles. The van der Waals surface area contributed by atoms with Crippen LogP contribution in [0.4, 0.5) is 10.5 Å². The van der Waals surface area contributed by atoms with Crippen molar-refractivity contribution >= 4 is 29.0 Å². The highest BCUT2D eigenvalue weighted by molar-refractivity contribution is 7.09. The normalized spacial score (nSPS) is 11.7. The molecule has 2 amide bonds. The fourth-order valence-corrected chi connectivity index (χ4v) is 2.63. The summed E-state index contributed by atoms with van der Waals surface area (Å²) in [5, 5.41) is 16.2. The number of anilines is 1. The van der Waals surface area contributed by atoms with E-state index in [4.69, 9.17) is 5.11 Å². The second-order valence-corrected chi connectivity index (χ2v) is 5.58. The number of carbonyl (C=O) groups excluding carboxylic acids is 1. The van der Waals surface area contributed by atoms with Gasteiger partial charge in [-0.05, 0) is 24.4 Å². The molecule has 21 heavy (non-hydrogen) atoms. The van der Waals surface area contributed by atoms with Crippen molar-refractivity contribution < 1.29 is 14.7 Å². The molecule has 1 atom stereocenters. The average molecular weight is 305 g/mol. The Labute approximate surface area is 125 Å². The number of amides is 2. The second-order valence-electron chi connectivity index (χ2n) is 4.55. The minimum Gasteiger partial charge on any atom is -0.478 e. The number of hydrogen-bond acceptors (Lipinski definition) is 4. The number of urea groups is 1. The highest BCUT2D eigenvalue weighted by atomic mass is 32.1. The van der Waals surface area contributed by atoms with Gasteiger partial charge in [0.2, 0.25) is 0 Å². The maximum absolute atomic E-state index is 11.8. The van der Waals surface area contributed by atoms with E-state index >= 15 is 0 Å². The summed E-state index contributed by atoms with van der Waals surface area (Å²) < 4.78 is 0. The zero-order valence-corrected chi connectivity index (χ0v) is 12.2. The second kappa shape index (κ2) is 6.85. The highest BCUT2D eigenvalue weighted by Gasteiger charge is 2.10. The highest BCUT2D eigenvalue weighted by Crippen LogP contribution is 2.11. The lowest BCUT2D eigenvalue weighted by molar-refractivity contribution is 0.0696. The SMILES string of the molecule is CC(Cc1cccs1)NC(=O)Nc1cncc(C(=O)O)c1. The molecule has 0 aliphatic carbocycles. The maximum Gasteiger partial charge on any atom is 0.337 e. The van der Waals surface area contributed by atoms with Crippen LogP contribution in [0.15, 0.2) is 36.0 Å². The van der Waals surface area contributed by atoms with Crippen LogP contribution in [0.3, 0.4) is 0 Å². The molecule has 6 nitrogen and oxygen atoms in total. The van der Waals surface area contributed by atoms with Crippen LogP contribution in [0.2, 0.25) is 0 Å². The van der Waals surface area contributed by atoms with Crippen LogP contribution >= 0.6 is 11.3 Å². The Balaban J connectivity index is 1.89. The molecule has 110 valence electrons. The van der Waals surface area contributed by atoms with Gasteiger partial charge in [0.25, 0.3) is 0 Å². The van der Waals surface area contributed by atoms with Gasteiger partial charge in [-0.15, -0.1) is 11.3 Å². The molecule has 0 spiro atoms. The molecule has 2 aromatic heterocycles. The summed E-state index contributed by atoms with van der Waals surface area (Å²) >= 11 is 1.64. The van der Waals surface area contributed by atoms with Crippen LogP contribution in [0.5, 0.6) is 0 Å². The van der Waals surface area contributed by atoms with Gasteiger partial charge in [-0.25, -0.2) is 9.59 Å². The summed E-state index contributed by atoms with van der Waals surface area (Å²) in [4.78, 5) is 27.6. The van der Waals surface area contributed by atoms with Crippen molar-refractivity contribution in [1.29, 1.82) is 0 Å². The molecule has 0 aliphatic heterocycles. The van der Waals surface area contributed by atoms with Crippen molar-refractivity contribution in [3.63, 3.8) is 0 Å². The third-order valence-corrected chi connectivity index (χ3v) is 3.61. The molecule has 0 saturated carbocycles. The summed E-state index contributed by atoms with van der Waals surface area (Å²) in [5.74, 6) is -1.09. The van der Waals surface area contributed by atoms with Gasteiger partial charge in [0.05, 0.1) is 17.4 Å². The standard InChI is InChI=1S/C14H15N3O3S/c1-9(5-12-3-2-4-21-12)16-14(20)17-11-6-10(13(18)19)7-15-8-11/h2-4,6-9H,5H2,1H3,(H,18,19)(H2,16,17,20). The Hall–Kier alpha value is -2.41. The largest absolute Gasteiger partial charge is 0.478 e. The van der Waals surface area contributed by atoms with Gasteiger partial charge in [-0.1, -0.05) is 6.07 Å². The van der Waals surface area contributed by atoms with E-state index < -0.39 is 5.97 Å². The number of aromatic nitrogens is 1. The predicted molar refractivity (Wildman–Crippen MR) is 80.8 cm³/mol. The number of nitrogens with one attached hydrogen (secondary N) is 2. The van der Waals surface area contributed by atoms with E-state index in [9.17, 15) is 9.59 Å². The Morgan fingerprint density at radius 1 is 1.43 bits per heavy atom. The molecule has 0 aromatic carbocycles. The summed E-state index contributed by atoms with van der Waals surface area (Å²) in [6.45, 7) is 1.91. The molecule has 3 N–H and O–H groups in total. The van der Waals surface area contributed by atoms with Gasteiger partial charge in [0, 0.05) is 23.5 Å². The minimum atomic E-state index is -1.09. The number of nitrogens with zero attached hydrogens (tertiary/aromatic N) is 1. The van der Waals surface area contributed by atoms with Crippen molar-refractivity contribution in [2.45, 2.75) is 19.4 Å². The van der Waals surface area contributed by atoms with Crippen molar-refractivity contribution in [1.82, 2.24) is 10.3 Å². The number of carboxylic acid groups (broad SMARTS) is 1. The first-order chi connectivity index (χ1) is 10.0. The van der Waals surface area contributed by atoms with E-state index in [-0.39, 0.29) is 17.6 Å². The van der Waals surface area contributed by atoms with Crippen LogP contribution in [0.1, 0.15) is 22.2 Å². The predicted octanol–water partition coefficient (Wildman–Crippen LogP) is 2.59. The fraction of sp³-hybridized carbons (Fsp3) is 0.214. The van der Waals surface area contributed by atoms with E-state index in [0.717, 1.165) is 6.42 Å². The zero-order valence-electron chi connectivity index (χ0n) is 11.4. The molecule has 2 rings (SSSR count). The average Bonchev–Trinajstić information content (AvgIpc) is 2.91. The van der Waals surface area contributed by atoms with Gasteiger partial charge in [-0.3, -0.25) is 4.98 Å². The lowest BCUT2D eigenvalue weighted by Gasteiger charge is -2.13. The Morgan fingerprint density at radius 2 is 2.24 bits per heavy atom. The van der Waals surface area contributed by atoms with E-state index in [1.807, 2.05) is 24.4 Å². The first kappa shape index (κ1) is 15.0. The van der Waals surface area contributed by atoms with Gasteiger partial charge in [0.15, 0.2) is 0 Å². The number of carbonyl (C=O) groups is 2. The monoisotopic (exact) mass is 305 g/mol. The summed E-state index contributed by atoms with van der Waals surface area (Å²) in [7, 11) is 0. The molecule has 0 bridgehead atoms. The number of rotatable bonds is 5. The smallest absolute Gasteiger partial charge is 0.337 e. The van der Waals surface area contributed by atoms with Crippen LogP contribution in [-0.2, 0) is 6.42 Å². The summed E-state index contributed by atoms with van der Waals surface area (Å²) in [6.07, 6.45) is 3.37. The van der Waals surface area contributed by atoms with E-state index in [1.54, 1.807) is 11.3 Å². The number of pyridine rings is 1. The van der Waals surface area contributed by atoms with Gasteiger partial charge in [0.1, 0.15) is 0 Å². The van der Waals surface area contributed by atoms with E-state index in [0.29, 0.717) is 5.69 Å². The third-order valence-electron chi connectivity index (χ3n) is 2.71. The minimum absolute atomic E-state index is 0.0273. The molecule has 1 unspecified atom stereocenters. The van der Waals surface area contributed by atoms with Crippen LogP contribution < -0.4 is 10.6 Å². The molecule has 0 saturated heterocycles. The zero-order chi connectivity index (χ0) is 15.2. The van der Waals surface area contributed by atoms with Gasteiger partial charge in [-0.2, -0.15) is 0 Å². The first-order valence-electron chi connectivity index (χ1n) is 6.33. The van der Waals surface area contributed by atoms with Crippen molar-refractivity contribution in [2.24, 2.45) is 0 Å². The molecule has 2 aromatic rings. The molecular formula is C14H15N3O3S. The summed E-state index contributed by atoms with van der Waals surface area (Å²) in [6, 6.07) is 4.93. The van der Waals surface area contributed by atoms with Crippen LogP contribution in [0.25, 0.3) is 0 Å². The van der Waals surface area contributed by atoms with Crippen LogP contribution in [-0.4, -0.2) is 28.1 Å². The molecular weight excluding hydrogens is 290 g/mol.